The number of thiocarbonyl (C=S) groups is 1. The van der Waals surface area contributed by atoms with Crippen LogP contribution < -0.4 is 9.47 Å². The number of halogens is 3. The van der Waals surface area contributed by atoms with Crippen LogP contribution >= 0.6 is 58.0 Å². The van der Waals surface area contributed by atoms with Crippen LogP contribution in [0, 0.1) is 3.57 Å². The van der Waals surface area contributed by atoms with Gasteiger partial charge < -0.3 is 9.47 Å². The summed E-state index contributed by atoms with van der Waals surface area (Å²) >= 11 is 19.3. The fraction of sp³-hybridized carbons (Fsp3) is 0.227. The molecule has 1 saturated heterocycles. The van der Waals surface area contributed by atoms with E-state index in [1.165, 1.54) is 30.0 Å². The molecule has 1 aliphatic rings. The van der Waals surface area contributed by atoms with Crippen LogP contribution in [0.15, 0.2) is 35.9 Å². The van der Waals surface area contributed by atoms with Gasteiger partial charge in [-0.15, -0.1) is 0 Å². The Bertz CT molecular complexity index is 1110. The summed E-state index contributed by atoms with van der Waals surface area (Å²) in [6, 6.07) is 8.83. The fourth-order valence-electron chi connectivity index (χ4n) is 3.00. The monoisotopic (exact) mass is 604 g/mol. The van der Waals surface area contributed by atoms with E-state index in [0.29, 0.717) is 33.7 Å². The van der Waals surface area contributed by atoms with E-state index >= 15 is 0 Å². The summed E-state index contributed by atoms with van der Waals surface area (Å²) in [5.74, 6) is 0.147. The summed E-state index contributed by atoms with van der Waals surface area (Å²) < 4.78 is 12.5. The van der Waals surface area contributed by atoms with E-state index in [1.54, 1.807) is 18.2 Å². The van der Waals surface area contributed by atoms with Gasteiger partial charge in [-0.25, -0.2) is 0 Å². The number of hydrogen-bond acceptors (Lipinski definition) is 5. The van der Waals surface area contributed by atoms with Crippen LogP contribution in [-0.2, 0) is 16.2 Å². The average molecular weight is 605 g/mol. The Morgan fingerprint density at radius 2 is 1.69 bits per heavy atom. The van der Waals surface area contributed by atoms with E-state index < -0.39 is 11.8 Å². The molecule has 1 heterocycles. The molecule has 2 aromatic carbocycles. The predicted molar refractivity (Wildman–Crippen MR) is 137 cm³/mol. The number of hydrogen-bond donors (Lipinski definition) is 0. The van der Waals surface area contributed by atoms with Gasteiger partial charge in [-0.3, -0.25) is 19.4 Å². The molecule has 0 bridgehead atoms. The van der Waals surface area contributed by atoms with Crippen LogP contribution in [0.2, 0.25) is 10.0 Å². The molecular formula is C22H19Cl2IN2O4S. The lowest BCUT2D eigenvalue weighted by Crippen LogP contribution is -2.52. The van der Waals surface area contributed by atoms with E-state index in [-0.39, 0.29) is 17.3 Å². The third-order valence-electron chi connectivity index (χ3n) is 4.65. The first-order valence-corrected chi connectivity index (χ1v) is 11.7. The highest BCUT2D eigenvalue weighted by Gasteiger charge is 2.35. The van der Waals surface area contributed by atoms with Crippen LogP contribution in [-0.4, -0.2) is 47.4 Å². The van der Waals surface area contributed by atoms with Gasteiger partial charge in [0, 0.05) is 14.1 Å². The summed E-state index contributed by atoms with van der Waals surface area (Å²) in [6.07, 6.45) is 1.53. The van der Waals surface area contributed by atoms with Gasteiger partial charge in [-0.05, 0) is 83.2 Å². The van der Waals surface area contributed by atoms with Crippen molar-refractivity contribution in [2.24, 2.45) is 0 Å². The van der Waals surface area contributed by atoms with Gasteiger partial charge >= 0.3 is 0 Å². The molecule has 0 aliphatic carbocycles. The van der Waals surface area contributed by atoms with Crippen molar-refractivity contribution >= 4 is 81.0 Å². The van der Waals surface area contributed by atoms with Gasteiger partial charge in [0.05, 0.1) is 20.2 Å². The zero-order chi connectivity index (χ0) is 23.6. The maximum Gasteiger partial charge on any atom is 0.265 e. The molecule has 10 heteroatoms. The normalized spacial score (nSPS) is 14.2. The van der Waals surface area contributed by atoms with Crippen molar-refractivity contribution in [3.8, 4) is 11.5 Å². The van der Waals surface area contributed by atoms with Crippen molar-refractivity contribution in [1.29, 1.82) is 0 Å². The van der Waals surface area contributed by atoms with Gasteiger partial charge in [0.15, 0.2) is 16.6 Å². The van der Waals surface area contributed by atoms with Crippen LogP contribution in [0.1, 0.15) is 18.1 Å². The van der Waals surface area contributed by atoms with Crippen molar-refractivity contribution in [2.75, 3.05) is 20.7 Å². The molecule has 0 aromatic heterocycles. The second-order valence-electron chi connectivity index (χ2n) is 6.87. The maximum absolute atomic E-state index is 12.6. The van der Waals surface area contributed by atoms with E-state index in [2.05, 4.69) is 22.6 Å². The summed E-state index contributed by atoms with van der Waals surface area (Å²) in [7, 11) is 3.08. The molecule has 32 heavy (non-hydrogen) atoms. The zero-order valence-electron chi connectivity index (χ0n) is 17.4. The number of nitrogens with zero attached hydrogens (tertiary/aromatic N) is 2. The molecule has 0 atom stereocenters. The van der Waals surface area contributed by atoms with Gasteiger partial charge in [-0.2, -0.15) is 0 Å². The van der Waals surface area contributed by atoms with Gasteiger partial charge in [0.2, 0.25) is 0 Å². The van der Waals surface area contributed by atoms with Crippen LogP contribution in [0.25, 0.3) is 6.08 Å². The Balaban J connectivity index is 1.93. The highest BCUT2D eigenvalue weighted by Crippen LogP contribution is 2.36. The minimum Gasteiger partial charge on any atom is -0.490 e. The number of amides is 2. The number of rotatable bonds is 6. The number of benzene rings is 2. The molecule has 6 nitrogen and oxygen atoms in total. The standard InChI is InChI=1S/C22H19Cl2IN2O4S/c1-4-30-18-10-13(7-14-20(28)26(2)22(32)27(3)21(14)29)9-17(25)19(18)31-11-12-5-6-15(23)16(24)8-12/h5-10H,4,11H2,1-3H3. The van der Waals surface area contributed by atoms with E-state index in [4.69, 9.17) is 44.9 Å². The molecule has 2 aromatic rings. The van der Waals surface area contributed by atoms with Crippen molar-refractivity contribution in [1.82, 2.24) is 9.80 Å². The summed E-state index contributed by atoms with van der Waals surface area (Å²) in [4.78, 5) is 27.8. The Kier molecular flexibility index (Phi) is 8.02. The molecular weight excluding hydrogens is 586 g/mol. The Morgan fingerprint density at radius 3 is 2.28 bits per heavy atom. The molecule has 1 fully saturated rings. The molecule has 0 saturated carbocycles. The summed E-state index contributed by atoms with van der Waals surface area (Å²) in [5.41, 5.74) is 1.50. The number of carbonyl (C=O) groups excluding carboxylic acids is 2. The molecule has 0 radical (unpaired) electrons. The first-order valence-electron chi connectivity index (χ1n) is 9.48. The highest BCUT2D eigenvalue weighted by atomic mass is 127. The topological polar surface area (TPSA) is 59.1 Å². The van der Waals surface area contributed by atoms with Crippen LogP contribution in [0.3, 0.4) is 0 Å². The third kappa shape index (κ3) is 5.19. The van der Waals surface area contributed by atoms with E-state index in [1.807, 2.05) is 19.1 Å². The van der Waals surface area contributed by atoms with Crippen LogP contribution in [0.5, 0.6) is 11.5 Å². The van der Waals surface area contributed by atoms with Crippen LogP contribution in [0.4, 0.5) is 0 Å². The predicted octanol–water partition coefficient (Wildman–Crippen LogP) is 5.17. The zero-order valence-corrected chi connectivity index (χ0v) is 21.9. The minimum absolute atomic E-state index is 0.0197. The van der Waals surface area contributed by atoms with Crippen molar-refractivity contribution < 1.29 is 19.1 Å². The Hall–Kier alpha value is -1.88. The third-order valence-corrected chi connectivity index (χ3v) is 6.74. The SMILES string of the molecule is CCOc1cc(C=C2C(=O)N(C)C(=S)N(C)C2=O)cc(I)c1OCc1ccc(Cl)c(Cl)c1. The first-order chi connectivity index (χ1) is 15.1. The van der Waals surface area contributed by atoms with Crippen molar-refractivity contribution in [3.05, 3.63) is 60.6 Å². The van der Waals surface area contributed by atoms with Gasteiger partial charge in [-0.1, -0.05) is 29.3 Å². The Morgan fingerprint density at radius 1 is 1.03 bits per heavy atom. The lowest BCUT2D eigenvalue weighted by atomic mass is 10.1. The Labute approximate surface area is 215 Å². The molecule has 3 rings (SSSR count). The smallest absolute Gasteiger partial charge is 0.265 e. The molecule has 168 valence electrons. The highest BCUT2D eigenvalue weighted by molar-refractivity contribution is 14.1. The summed E-state index contributed by atoms with van der Waals surface area (Å²) in [5, 5.41) is 1.08. The number of likely N-dealkylation sites (N-methyl/N-ethyl adjacent to an activating group) is 2. The molecule has 1 aliphatic heterocycles. The second kappa shape index (κ2) is 10.4. The van der Waals surface area contributed by atoms with Crippen molar-refractivity contribution in [3.63, 3.8) is 0 Å². The fourth-order valence-corrected chi connectivity index (χ4v) is 4.27. The van der Waals surface area contributed by atoms with E-state index in [0.717, 1.165) is 9.13 Å². The van der Waals surface area contributed by atoms with Gasteiger partial charge in [0.25, 0.3) is 11.8 Å². The molecule has 2 amide bonds. The minimum atomic E-state index is -0.453. The second-order valence-corrected chi connectivity index (χ2v) is 9.21. The maximum atomic E-state index is 12.6. The van der Waals surface area contributed by atoms with Gasteiger partial charge in [0.1, 0.15) is 12.2 Å². The van der Waals surface area contributed by atoms with Crippen molar-refractivity contribution in [2.45, 2.75) is 13.5 Å². The lowest BCUT2D eigenvalue weighted by molar-refractivity contribution is -0.132. The number of carbonyl (C=O) groups is 2. The quantitative estimate of drug-likeness (QED) is 0.197. The molecule has 0 N–H and O–H groups in total. The first kappa shape index (κ1) is 24.8. The average Bonchev–Trinajstić information content (AvgIpc) is 2.76. The summed E-state index contributed by atoms with van der Waals surface area (Å²) in [6.45, 7) is 2.54. The molecule has 0 spiro atoms. The number of ether oxygens (including phenoxy) is 2. The molecule has 0 unspecified atom stereocenters. The lowest BCUT2D eigenvalue weighted by Gasteiger charge is -2.31. The van der Waals surface area contributed by atoms with E-state index in [9.17, 15) is 9.59 Å². The largest absolute Gasteiger partial charge is 0.490 e.